The number of benzene rings is 1. The number of carbonyl (C=O) groups is 1. The maximum Gasteiger partial charge on any atom is 0.240 e. The van der Waals surface area contributed by atoms with E-state index < -0.39 is 5.54 Å². The molecule has 3 heteroatoms. The fourth-order valence-corrected chi connectivity index (χ4v) is 2.45. The summed E-state index contributed by atoms with van der Waals surface area (Å²) in [6, 6.07) is 8.49. The van der Waals surface area contributed by atoms with Gasteiger partial charge in [0.05, 0.1) is 11.6 Å². The van der Waals surface area contributed by atoms with Crippen molar-refractivity contribution in [2.24, 2.45) is 11.7 Å². The van der Waals surface area contributed by atoms with Crippen LogP contribution in [0.3, 0.4) is 0 Å². The fraction of sp³-hybridized carbons (Fsp3) is 0.611. The Bertz CT molecular complexity index is 447. The number of nitrogens with two attached hydrogens (primary N) is 1. The molecule has 0 aromatic heterocycles. The van der Waals surface area contributed by atoms with Gasteiger partial charge in [-0.3, -0.25) is 4.79 Å². The second kappa shape index (κ2) is 7.60. The molecular formula is C18H30N2O. The predicted octanol–water partition coefficient (Wildman–Crippen LogP) is 3.58. The maximum absolute atomic E-state index is 12.5. The zero-order valence-corrected chi connectivity index (χ0v) is 14.1. The molecule has 0 saturated carbocycles. The molecule has 3 nitrogen and oxygen atoms in total. The highest BCUT2D eigenvalue weighted by Crippen LogP contribution is 2.24. The Morgan fingerprint density at radius 3 is 2.05 bits per heavy atom. The largest absolute Gasteiger partial charge is 0.347 e. The first-order valence-corrected chi connectivity index (χ1v) is 8.06. The van der Waals surface area contributed by atoms with Crippen molar-refractivity contribution in [3.63, 3.8) is 0 Å². The molecule has 21 heavy (non-hydrogen) atoms. The van der Waals surface area contributed by atoms with E-state index in [0.29, 0.717) is 18.8 Å². The van der Waals surface area contributed by atoms with E-state index in [9.17, 15) is 4.79 Å². The lowest BCUT2D eigenvalue weighted by Crippen LogP contribution is -2.54. The van der Waals surface area contributed by atoms with Crippen molar-refractivity contribution in [2.75, 3.05) is 0 Å². The molecule has 0 aliphatic rings. The lowest BCUT2D eigenvalue weighted by atomic mass is 9.90. The van der Waals surface area contributed by atoms with Gasteiger partial charge in [0.1, 0.15) is 0 Å². The summed E-state index contributed by atoms with van der Waals surface area (Å²) in [5.74, 6) is 0.269. The highest BCUT2D eigenvalue weighted by Gasteiger charge is 2.32. The number of rotatable bonds is 7. The summed E-state index contributed by atoms with van der Waals surface area (Å²) in [5.41, 5.74) is 7.88. The number of aryl methyl sites for hydroxylation is 1. The molecule has 0 aliphatic heterocycles. The van der Waals surface area contributed by atoms with Gasteiger partial charge in [0.25, 0.3) is 0 Å². The van der Waals surface area contributed by atoms with E-state index in [1.165, 1.54) is 5.56 Å². The first-order chi connectivity index (χ1) is 9.87. The Morgan fingerprint density at radius 2 is 1.67 bits per heavy atom. The lowest BCUT2D eigenvalue weighted by molar-refractivity contribution is -0.127. The molecule has 0 heterocycles. The Morgan fingerprint density at radius 1 is 1.14 bits per heavy atom. The number of amides is 1. The number of carbonyl (C=O) groups excluding carboxylic acids is 1. The van der Waals surface area contributed by atoms with Crippen molar-refractivity contribution in [3.05, 3.63) is 35.4 Å². The Labute approximate surface area is 129 Å². The maximum atomic E-state index is 12.5. The van der Waals surface area contributed by atoms with Crippen molar-refractivity contribution < 1.29 is 4.79 Å². The molecule has 0 fully saturated rings. The summed E-state index contributed by atoms with van der Waals surface area (Å²) >= 11 is 0. The van der Waals surface area contributed by atoms with Gasteiger partial charge in [-0.05, 0) is 36.3 Å². The fourth-order valence-electron chi connectivity index (χ4n) is 2.45. The highest BCUT2D eigenvalue weighted by molar-refractivity contribution is 5.86. The molecule has 1 rings (SSSR count). The zero-order chi connectivity index (χ0) is 16.0. The third-order valence-electron chi connectivity index (χ3n) is 4.41. The van der Waals surface area contributed by atoms with Crippen molar-refractivity contribution >= 4 is 5.91 Å². The smallest absolute Gasteiger partial charge is 0.240 e. The minimum atomic E-state index is -0.767. The molecule has 118 valence electrons. The lowest BCUT2D eigenvalue weighted by Gasteiger charge is -2.30. The molecule has 1 aromatic rings. The van der Waals surface area contributed by atoms with Gasteiger partial charge >= 0.3 is 0 Å². The van der Waals surface area contributed by atoms with Crippen molar-refractivity contribution in [1.82, 2.24) is 5.32 Å². The normalized spacial score (nSPS) is 13.3. The van der Waals surface area contributed by atoms with E-state index in [1.807, 2.05) is 13.8 Å². The number of hydrogen-bond donors (Lipinski definition) is 2. The number of nitrogens with one attached hydrogen (secondary N) is 1. The molecule has 0 aliphatic carbocycles. The Kier molecular flexibility index (Phi) is 6.41. The molecule has 0 spiro atoms. The van der Waals surface area contributed by atoms with E-state index in [4.69, 9.17) is 5.73 Å². The standard InChI is InChI=1S/C18H30N2O/c1-6-14-9-11-15(12-10-14)16(13(4)5)20-17(21)18(19,7-2)8-3/h9-13,16H,6-8,19H2,1-5H3,(H,20,21). The number of hydrogen-bond acceptors (Lipinski definition) is 2. The quantitative estimate of drug-likeness (QED) is 0.806. The summed E-state index contributed by atoms with van der Waals surface area (Å²) in [4.78, 5) is 12.5. The van der Waals surface area contributed by atoms with Crippen LogP contribution in [-0.2, 0) is 11.2 Å². The van der Waals surface area contributed by atoms with E-state index >= 15 is 0 Å². The van der Waals surface area contributed by atoms with Gasteiger partial charge in [-0.1, -0.05) is 58.9 Å². The average Bonchev–Trinajstić information content (AvgIpc) is 2.51. The highest BCUT2D eigenvalue weighted by atomic mass is 16.2. The van der Waals surface area contributed by atoms with Crippen LogP contribution in [0.4, 0.5) is 0 Å². The first kappa shape index (κ1) is 17.7. The van der Waals surface area contributed by atoms with Gasteiger partial charge in [0.15, 0.2) is 0 Å². The van der Waals surface area contributed by atoms with Crippen LogP contribution in [0.15, 0.2) is 24.3 Å². The van der Waals surface area contributed by atoms with Crippen LogP contribution in [-0.4, -0.2) is 11.4 Å². The van der Waals surface area contributed by atoms with Crippen LogP contribution in [0, 0.1) is 5.92 Å². The summed E-state index contributed by atoms with van der Waals surface area (Å²) in [7, 11) is 0. The average molecular weight is 290 g/mol. The first-order valence-electron chi connectivity index (χ1n) is 8.06. The summed E-state index contributed by atoms with van der Waals surface area (Å²) < 4.78 is 0. The molecule has 3 N–H and O–H groups in total. The van der Waals surface area contributed by atoms with Crippen molar-refractivity contribution in [2.45, 2.75) is 65.5 Å². The van der Waals surface area contributed by atoms with Crippen LogP contribution in [0.25, 0.3) is 0 Å². The van der Waals surface area contributed by atoms with Crippen LogP contribution in [0.5, 0.6) is 0 Å². The second-order valence-electron chi connectivity index (χ2n) is 6.15. The Hall–Kier alpha value is -1.35. The zero-order valence-electron chi connectivity index (χ0n) is 14.1. The topological polar surface area (TPSA) is 55.1 Å². The molecule has 1 atom stereocenters. The summed E-state index contributed by atoms with van der Waals surface area (Å²) in [6.45, 7) is 10.3. The predicted molar refractivity (Wildman–Crippen MR) is 89.0 cm³/mol. The van der Waals surface area contributed by atoms with Crippen LogP contribution in [0.1, 0.15) is 64.6 Å². The molecule has 0 bridgehead atoms. The van der Waals surface area contributed by atoms with Gasteiger partial charge in [0.2, 0.25) is 5.91 Å². The van der Waals surface area contributed by atoms with Crippen molar-refractivity contribution in [1.29, 1.82) is 0 Å². The molecule has 0 radical (unpaired) electrons. The SMILES string of the molecule is CCc1ccc(C(NC(=O)C(N)(CC)CC)C(C)C)cc1. The van der Waals surface area contributed by atoms with Gasteiger partial charge in [-0.2, -0.15) is 0 Å². The van der Waals surface area contributed by atoms with Crippen LogP contribution >= 0.6 is 0 Å². The molecule has 1 aromatic carbocycles. The van der Waals surface area contributed by atoms with Gasteiger partial charge in [-0.15, -0.1) is 0 Å². The minimum absolute atomic E-state index is 0.00410. The van der Waals surface area contributed by atoms with E-state index in [1.54, 1.807) is 0 Å². The van der Waals surface area contributed by atoms with Crippen molar-refractivity contribution in [3.8, 4) is 0 Å². The third kappa shape index (κ3) is 4.31. The molecular weight excluding hydrogens is 260 g/mol. The molecule has 1 unspecified atom stereocenters. The summed E-state index contributed by atoms with van der Waals surface area (Å²) in [6.07, 6.45) is 2.32. The third-order valence-corrected chi connectivity index (χ3v) is 4.41. The summed E-state index contributed by atoms with van der Waals surface area (Å²) in [5, 5.41) is 3.15. The molecule has 0 saturated heterocycles. The second-order valence-corrected chi connectivity index (χ2v) is 6.15. The van der Waals surface area contributed by atoms with Gasteiger partial charge < -0.3 is 11.1 Å². The molecule has 1 amide bonds. The van der Waals surface area contributed by atoms with E-state index in [-0.39, 0.29) is 11.9 Å². The Balaban J connectivity index is 2.94. The van der Waals surface area contributed by atoms with E-state index in [0.717, 1.165) is 12.0 Å². The van der Waals surface area contributed by atoms with Crippen LogP contribution in [0.2, 0.25) is 0 Å². The van der Waals surface area contributed by atoms with Crippen LogP contribution < -0.4 is 11.1 Å². The van der Waals surface area contributed by atoms with Gasteiger partial charge in [-0.25, -0.2) is 0 Å². The minimum Gasteiger partial charge on any atom is -0.347 e. The van der Waals surface area contributed by atoms with E-state index in [2.05, 4.69) is 50.4 Å². The van der Waals surface area contributed by atoms with Gasteiger partial charge in [0, 0.05) is 0 Å². The monoisotopic (exact) mass is 290 g/mol.